The van der Waals surface area contributed by atoms with E-state index in [2.05, 4.69) is 177 Å². The summed E-state index contributed by atoms with van der Waals surface area (Å²) < 4.78 is 4.54. The molecule has 12 aromatic rings. The van der Waals surface area contributed by atoms with Crippen LogP contribution in [0.2, 0.25) is 0 Å². The Bertz CT molecular complexity index is 3230. The van der Waals surface area contributed by atoms with E-state index in [0.717, 1.165) is 99.6 Å². The van der Waals surface area contributed by atoms with Crippen molar-refractivity contribution < 1.29 is 0 Å². The lowest BCUT2D eigenvalue weighted by molar-refractivity contribution is 1.06. The zero-order valence-corrected chi connectivity index (χ0v) is 32.2. The molecule has 0 aliphatic rings. The fourth-order valence-electron chi connectivity index (χ4n) is 8.79. The number of pyridine rings is 3. The van der Waals surface area contributed by atoms with Crippen LogP contribution >= 0.6 is 0 Å². The minimum Gasteiger partial charge on any atom is -0.306 e. The second kappa shape index (κ2) is 13.7. The molecule has 0 aliphatic heterocycles. The lowest BCUT2D eigenvalue weighted by atomic mass is 9.99. The van der Waals surface area contributed by atoms with Gasteiger partial charge in [-0.1, -0.05) is 133 Å². The molecule has 0 saturated heterocycles. The first-order valence-electron chi connectivity index (χ1n) is 20.0. The van der Waals surface area contributed by atoms with E-state index in [0.29, 0.717) is 11.3 Å². The Morgan fingerprint density at radius 2 is 0.717 bits per heavy atom. The number of hydrogen-bond donors (Lipinski definition) is 0. The maximum absolute atomic E-state index is 5.75. The molecule has 0 saturated carbocycles. The maximum Gasteiger partial charge on any atom is 0.166 e. The highest BCUT2D eigenvalue weighted by Gasteiger charge is 2.24. The van der Waals surface area contributed by atoms with Crippen molar-refractivity contribution in [2.45, 2.75) is 0 Å². The fraction of sp³-hybridized carbons (Fsp3) is 0. The lowest BCUT2D eigenvalue weighted by Gasteiger charge is -2.18. The number of nitrogens with zero attached hydrogens (tertiary/aromatic N) is 7. The van der Waals surface area contributed by atoms with Gasteiger partial charge in [-0.3, -0.25) is 14.5 Å². The molecular formula is C53H33N7. The van der Waals surface area contributed by atoms with Crippen LogP contribution in [0.3, 0.4) is 0 Å². The Balaban J connectivity index is 1.19. The third-order valence-electron chi connectivity index (χ3n) is 11.6. The largest absolute Gasteiger partial charge is 0.306 e. The second-order valence-electron chi connectivity index (χ2n) is 15.0. The predicted octanol–water partition coefficient (Wildman–Crippen LogP) is 12.7. The van der Waals surface area contributed by atoms with Gasteiger partial charge in [0.15, 0.2) is 5.82 Å². The Morgan fingerprint density at radius 3 is 1.15 bits per heavy atom. The molecule has 280 valence electrons. The average molecular weight is 768 g/mol. The SMILES string of the molecule is c1cncc(-c2ccc(-c3nc4c(-n5c6ccccc6c6ccccc65)cnc(-n5c6ccccc6c6ccccc65)c4nc3-c3ccc(-c4cccnc4)cc3)cc2)c1. The molecule has 0 N–H and O–H groups in total. The molecule has 0 spiro atoms. The Morgan fingerprint density at radius 1 is 0.317 bits per heavy atom. The molecule has 0 atom stereocenters. The minimum atomic E-state index is 0.697. The Labute approximate surface area is 344 Å². The summed E-state index contributed by atoms with van der Waals surface area (Å²) in [6, 6.07) is 59.3. The monoisotopic (exact) mass is 767 g/mol. The zero-order chi connectivity index (χ0) is 39.6. The summed E-state index contributed by atoms with van der Waals surface area (Å²) >= 11 is 0. The van der Waals surface area contributed by atoms with Crippen LogP contribution in [0.4, 0.5) is 0 Å². The van der Waals surface area contributed by atoms with Crippen molar-refractivity contribution in [1.82, 2.24) is 34.1 Å². The Kier molecular flexibility index (Phi) is 7.71. The number of hydrogen-bond acceptors (Lipinski definition) is 5. The zero-order valence-electron chi connectivity index (χ0n) is 32.2. The topological polar surface area (TPSA) is 74.3 Å². The van der Waals surface area contributed by atoms with Crippen LogP contribution in [-0.4, -0.2) is 34.1 Å². The van der Waals surface area contributed by atoms with Gasteiger partial charge in [0.25, 0.3) is 0 Å². The number of aromatic nitrogens is 7. The van der Waals surface area contributed by atoms with Gasteiger partial charge in [0.1, 0.15) is 11.0 Å². The maximum atomic E-state index is 5.75. The molecule has 0 radical (unpaired) electrons. The van der Waals surface area contributed by atoms with Gasteiger partial charge in [-0.15, -0.1) is 0 Å². The van der Waals surface area contributed by atoms with Crippen molar-refractivity contribution in [2.75, 3.05) is 0 Å². The van der Waals surface area contributed by atoms with Gasteiger partial charge in [-0.2, -0.15) is 0 Å². The van der Waals surface area contributed by atoms with E-state index in [1.165, 1.54) is 0 Å². The first kappa shape index (κ1) is 33.8. The number of para-hydroxylation sites is 4. The van der Waals surface area contributed by atoms with Crippen LogP contribution < -0.4 is 0 Å². The van der Waals surface area contributed by atoms with Gasteiger partial charge in [0.2, 0.25) is 0 Å². The van der Waals surface area contributed by atoms with Crippen molar-refractivity contribution in [3.05, 3.63) is 201 Å². The van der Waals surface area contributed by atoms with Crippen LogP contribution in [0.15, 0.2) is 201 Å². The number of rotatable bonds is 6. The molecule has 6 aromatic carbocycles. The average Bonchev–Trinajstić information content (AvgIpc) is 3.84. The molecule has 12 rings (SSSR count). The van der Waals surface area contributed by atoms with Crippen molar-refractivity contribution in [2.24, 2.45) is 0 Å². The quantitative estimate of drug-likeness (QED) is 0.168. The number of fused-ring (bicyclic) bond motifs is 7. The van der Waals surface area contributed by atoms with E-state index in [9.17, 15) is 0 Å². The first-order chi connectivity index (χ1) is 29.8. The van der Waals surface area contributed by atoms with Crippen molar-refractivity contribution >= 4 is 54.6 Å². The third kappa shape index (κ3) is 5.33. The fourth-order valence-corrected chi connectivity index (χ4v) is 8.79. The summed E-state index contributed by atoms with van der Waals surface area (Å²) in [7, 11) is 0. The van der Waals surface area contributed by atoms with Crippen LogP contribution in [0.25, 0.3) is 111 Å². The van der Waals surface area contributed by atoms with Gasteiger partial charge in [0.05, 0.1) is 45.3 Å². The third-order valence-corrected chi connectivity index (χ3v) is 11.6. The van der Waals surface area contributed by atoms with Crippen LogP contribution in [0.1, 0.15) is 0 Å². The molecule has 6 heterocycles. The summed E-state index contributed by atoms with van der Waals surface area (Å²) in [6.07, 6.45) is 9.35. The highest BCUT2D eigenvalue weighted by molar-refractivity contribution is 6.12. The standard InChI is InChI=1S/C53H33N7/c1-5-17-44-40(13-1)41-14-2-6-18-45(41)59(44)48-33-56-53(60-46-19-7-3-15-42(46)43-16-4-8-20-47(43)60)52-51(48)57-49(36-25-21-34(22-26-36)38-11-9-29-54-31-38)50(58-52)37-27-23-35(24-28-37)39-12-10-30-55-32-39/h1-33H. The van der Waals surface area contributed by atoms with Gasteiger partial charge >= 0.3 is 0 Å². The molecular weight excluding hydrogens is 735 g/mol. The van der Waals surface area contributed by atoms with Gasteiger partial charge in [0, 0.05) is 57.5 Å². The van der Waals surface area contributed by atoms with Crippen molar-refractivity contribution in [1.29, 1.82) is 0 Å². The molecule has 0 amide bonds. The Hall–Kier alpha value is -8.29. The summed E-state index contributed by atoms with van der Waals surface area (Å²) in [5.74, 6) is 0.714. The second-order valence-corrected chi connectivity index (χ2v) is 15.0. The number of benzene rings is 6. The molecule has 7 nitrogen and oxygen atoms in total. The van der Waals surface area contributed by atoms with E-state index in [4.69, 9.17) is 15.0 Å². The van der Waals surface area contributed by atoms with Crippen LogP contribution in [0, 0.1) is 0 Å². The van der Waals surface area contributed by atoms with Gasteiger partial charge in [-0.25, -0.2) is 15.0 Å². The van der Waals surface area contributed by atoms with E-state index >= 15 is 0 Å². The normalized spacial score (nSPS) is 11.7. The molecule has 0 unspecified atom stereocenters. The van der Waals surface area contributed by atoms with E-state index in [1.807, 2.05) is 30.7 Å². The molecule has 6 aromatic heterocycles. The van der Waals surface area contributed by atoms with Crippen molar-refractivity contribution in [3.63, 3.8) is 0 Å². The smallest absolute Gasteiger partial charge is 0.166 e. The van der Waals surface area contributed by atoms with Crippen LogP contribution in [-0.2, 0) is 0 Å². The summed E-state index contributed by atoms with van der Waals surface area (Å²) in [6.45, 7) is 0. The molecule has 0 fully saturated rings. The lowest BCUT2D eigenvalue weighted by Crippen LogP contribution is -2.07. The minimum absolute atomic E-state index is 0.697. The van der Waals surface area contributed by atoms with Gasteiger partial charge in [-0.05, 0) is 58.7 Å². The summed E-state index contributed by atoms with van der Waals surface area (Å²) in [4.78, 5) is 25.6. The van der Waals surface area contributed by atoms with E-state index < -0.39 is 0 Å². The van der Waals surface area contributed by atoms with E-state index in [1.54, 1.807) is 12.4 Å². The molecule has 0 bridgehead atoms. The highest BCUT2D eigenvalue weighted by atomic mass is 15.1. The predicted molar refractivity (Wildman–Crippen MR) is 243 cm³/mol. The van der Waals surface area contributed by atoms with Crippen molar-refractivity contribution in [3.8, 4) is 56.3 Å². The summed E-state index contributed by atoms with van der Waals surface area (Å²) in [5.41, 5.74) is 14.2. The van der Waals surface area contributed by atoms with E-state index in [-0.39, 0.29) is 0 Å². The summed E-state index contributed by atoms with van der Waals surface area (Å²) in [5, 5.41) is 4.63. The first-order valence-corrected chi connectivity index (χ1v) is 20.0. The molecule has 7 heteroatoms. The molecule has 60 heavy (non-hydrogen) atoms. The highest BCUT2D eigenvalue weighted by Crippen LogP contribution is 2.40. The van der Waals surface area contributed by atoms with Gasteiger partial charge < -0.3 is 4.57 Å². The van der Waals surface area contributed by atoms with Crippen LogP contribution in [0.5, 0.6) is 0 Å². The molecule has 0 aliphatic carbocycles.